The Kier molecular flexibility index (Phi) is 9.00. The number of carbonyl (C=O) groups is 1. The number of hydrogen-bond acceptors (Lipinski definition) is 9. The Morgan fingerprint density at radius 2 is 1.89 bits per heavy atom. The van der Waals surface area contributed by atoms with Crippen LogP contribution in [-0.4, -0.2) is 102 Å². The summed E-state index contributed by atoms with van der Waals surface area (Å²) >= 11 is 0.881. The van der Waals surface area contributed by atoms with Crippen LogP contribution in [0.1, 0.15) is 32.2 Å². The van der Waals surface area contributed by atoms with Crippen molar-refractivity contribution in [2.45, 2.75) is 67.3 Å². The molecule has 2 fully saturated rings. The maximum absolute atomic E-state index is 13.7. The molecule has 0 radical (unpaired) electrons. The SMILES string of the molecule is CCC(O)C(S[C@@H]1O[C@H](CO)[C@H](O)[C@H](n2cc(-c3cc(F)c(F)c(F)c3)nn2)[C@H]1O)C(=O)N(C)CC1CC1. The van der Waals surface area contributed by atoms with E-state index in [2.05, 4.69) is 10.3 Å². The number of amides is 1. The first-order valence-electron chi connectivity index (χ1n) is 12.3. The number of ether oxygens (including phenoxy) is 1. The van der Waals surface area contributed by atoms with Gasteiger partial charge in [-0.05, 0) is 37.3 Å². The lowest BCUT2D eigenvalue weighted by Crippen LogP contribution is -2.56. The van der Waals surface area contributed by atoms with E-state index in [-0.39, 0.29) is 23.6 Å². The van der Waals surface area contributed by atoms with Gasteiger partial charge in [0.1, 0.15) is 40.7 Å². The molecule has 38 heavy (non-hydrogen) atoms. The maximum atomic E-state index is 13.7. The summed E-state index contributed by atoms with van der Waals surface area (Å²) in [5, 5.41) is 49.2. The molecule has 1 saturated carbocycles. The molecule has 4 N–H and O–H groups in total. The number of hydrogen-bond donors (Lipinski definition) is 4. The molecule has 2 aromatic rings. The molecule has 2 aliphatic rings. The monoisotopic (exact) mass is 560 g/mol. The highest BCUT2D eigenvalue weighted by Gasteiger charge is 2.48. The molecule has 1 aliphatic carbocycles. The molecule has 1 aromatic carbocycles. The minimum atomic E-state index is -1.64. The minimum Gasteiger partial charge on any atom is -0.394 e. The van der Waals surface area contributed by atoms with E-state index in [0.29, 0.717) is 12.5 Å². The van der Waals surface area contributed by atoms with Gasteiger partial charge in [-0.15, -0.1) is 16.9 Å². The van der Waals surface area contributed by atoms with E-state index in [4.69, 9.17) is 4.74 Å². The predicted octanol–water partition coefficient (Wildman–Crippen LogP) is 1.08. The smallest absolute Gasteiger partial charge is 0.238 e. The van der Waals surface area contributed by atoms with Crippen LogP contribution in [0.25, 0.3) is 11.3 Å². The predicted molar refractivity (Wildman–Crippen MR) is 130 cm³/mol. The third-order valence-corrected chi connectivity index (χ3v) is 8.31. The zero-order valence-corrected chi connectivity index (χ0v) is 21.6. The summed E-state index contributed by atoms with van der Waals surface area (Å²) in [6, 6.07) is 0.229. The zero-order chi connectivity index (χ0) is 27.7. The molecule has 2 heterocycles. The molecule has 0 spiro atoms. The summed E-state index contributed by atoms with van der Waals surface area (Å²) in [7, 11) is 1.65. The molecule has 7 atom stereocenters. The summed E-state index contributed by atoms with van der Waals surface area (Å²) in [5.74, 6) is -4.39. The van der Waals surface area contributed by atoms with Crippen molar-refractivity contribution in [3.05, 3.63) is 35.8 Å². The maximum Gasteiger partial charge on any atom is 0.238 e. The third-order valence-electron chi connectivity index (χ3n) is 6.84. The number of carbonyl (C=O) groups excluding carboxylic acids is 1. The van der Waals surface area contributed by atoms with Gasteiger partial charge in [0.25, 0.3) is 0 Å². The Morgan fingerprint density at radius 1 is 1.24 bits per heavy atom. The largest absolute Gasteiger partial charge is 0.394 e. The minimum absolute atomic E-state index is 0.0606. The van der Waals surface area contributed by atoms with Crippen molar-refractivity contribution < 1.29 is 43.1 Å². The molecule has 10 nitrogen and oxygen atoms in total. The van der Waals surface area contributed by atoms with Crippen LogP contribution in [-0.2, 0) is 9.53 Å². The Bertz CT molecular complexity index is 1120. The first kappa shape index (κ1) is 28.8. The number of aromatic nitrogens is 3. The van der Waals surface area contributed by atoms with Crippen LogP contribution in [0.15, 0.2) is 18.3 Å². The van der Waals surface area contributed by atoms with Crippen molar-refractivity contribution in [2.75, 3.05) is 20.2 Å². The van der Waals surface area contributed by atoms with Crippen molar-refractivity contribution in [1.82, 2.24) is 19.9 Å². The van der Waals surface area contributed by atoms with E-state index < -0.39 is 65.2 Å². The Labute approximate surface area is 221 Å². The van der Waals surface area contributed by atoms with Crippen LogP contribution >= 0.6 is 11.8 Å². The van der Waals surface area contributed by atoms with Gasteiger partial charge in [-0.1, -0.05) is 12.1 Å². The fourth-order valence-electron chi connectivity index (χ4n) is 4.42. The van der Waals surface area contributed by atoms with Crippen LogP contribution < -0.4 is 0 Å². The summed E-state index contributed by atoms with van der Waals surface area (Å²) in [6.45, 7) is 1.63. The van der Waals surface area contributed by atoms with Crippen molar-refractivity contribution >= 4 is 17.7 Å². The third kappa shape index (κ3) is 6.00. The lowest BCUT2D eigenvalue weighted by molar-refractivity contribution is -0.178. The number of rotatable bonds is 10. The van der Waals surface area contributed by atoms with Gasteiger partial charge >= 0.3 is 0 Å². The number of nitrogens with zero attached hydrogens (tertiary/aromatic N) is 4. The molecule has 2 unspecified atom stereocenters. The molecule has 14 heteroatoms. The number of aliphatic hydroxyl groups excluding tert-OH is 4. The topological polar surface area (TPSA) is 141 Å². The normalized spacial score (nSPS) is 27.2. The van der Waals surface area contributed by atoms with E-state index in [1.807, 2.05) is 0 Å². The molecular weight excluding hydrogens is 529 g/mol. The summed E-state index contributed by atoms with van der Waals surface area (Å²) < 4.78 is 47.6. The standard InChI is InChI=1S/C24H31F3N4O6S/c1-3-16(33)22(23(36)30(2)8-11-4-5-11)38-24-21(35)19(20(34)17(10-32)37-24)31-9-15(28-29-31)12-6-13(25)18(27)14(26)7-12/h6-7,9,11,16-17,19-22,24,32-35H,3-5,8,10H2,1-2H3/t16?,17-,19+,20+,21-,22?,24+/m1/s1. The van der Waals surface area contributed by atoms with Crippen LogP contribution in [0.5, 0.6) is 0 Å². The van der Waals surface area contributed by atoms with Gasteiger partial charge in [0, 0.05) is 19.2 Å². The molecule has 1 aliphatic heterocycles. The van der Waals surface area contributed by atoms with Gasteiger partial charge in [-0.3, -0.25) is 4.79 Å². The highest BCUT2D eigenvalue weighted by Crippen LogP contribution is 2.39. The summed E-state index contributed by atoms with van der Waals surface area (Å²) in [5.41, 5.74) is -1.35. The molecule has 1 aromatic heterocycles. The van der Waals surface area contributed by atoms with Gasteiger partial charge < -0.3 is 30.1 Å². The quantitative estimate of drug-likeness (QED) is 0.314. The average Bonchev–Trinajstić information content (AvgIpc) is 3.58. The lowest BCUT2D eigenvalue weighted by Gasteiger charge is -2.43. The van der Waals surface area contributed by atoms with Gasteiger partial charge in [0.05, 0.1) is 18.9 Å². The van der Waals surface area contributed by atoms with Crippen molar-refractivity contribution in [3.63, 3.8) is 0 Å². The second-order valence-electron chi connectivity index (χ2n) is 9.73. The Balaban J connectivity index is 1.59. The van der Waals surface area contributed by atoms with Crippen molar-refractivity contribution in [2.24, 2.45) is 5.92 Å². The zero-order valence-electron chi connectivity index (χ0n) is 20.8. The van der Waals surface area contributed by atoms with Crippen LogP contribution in [0.2, 0.25) is 0 Å². The second-order valence-corrected chi connectivity index (χ2v) is 11.0. The summed E-state index contributed by atoms with van der Waals surface area (Å²) in [6.07, 6.45) is -1.69. The van der Waals surface area contributed by atoms with Gasteiger partial charge in [0.15, 0.2) is 17.5 Å². The fourth-order valence-corrected chi connectivity index (χ4v) is 5.91. The van der Waals surface area contributed by atoms with Gasteiger partial charge in [0.2, 0.25) is 5.91 Å². The van der Waals surface area contributed by atoms with E-state index in [1.54, 1.807) is 18.9 Å². The molecule has 210 valence electrons. The Hall–Kier alpha value is -2.23. The Morgan fingerprint density at radius 3 is 2.47 bits per heavy atom. The van der Waals surface area contributed by atoms with E-state index in [1.165, 1.54) is 6.20 Å². The highest BCUT2D eigenvalue weighted by atomic mass is 32.2. The summed E-state index contributed by atoms with van der Waals surface area (Å²) in [4.78, 5) is 14.7. The lowest BCUT2D eigenvalue weighted by atomic mass is 9.97. The van der Waals surface area contributed by atoms with E-state index in [9.17, 15) is 38.4 Å². The highest BCUT2D eigenvalue weighted by molar-refractivity contribution is 8.01. The van der Waals surface area contributed by atoms with Gasteiger partial charge in [-0.25, -0.2) is 17.9 Å². The molecular formula is C24H31F3N4O6S. The van der Waals surface area contributed by atoms with Crippen LogP contribution in [0.3, 0.4) is 0 Å². The molecule has 0 bridgehead atoms. The number of thioether (sulfide) groups is 1. The molecule has 4 rings (SSSR count). The van der Waals surface area contributed by atoms with Crippen molar-refractivity contribution in [1.29, 1.82) is 0 Å². The number of benzene rings is 1. The second kappa shape index (κ2) is 11.9. The fraction of sp³-hybridized carbons (Fsp3) is 0.625. The molecule has 1 amide bonds. The van der Waals surface area contributed by atoms with Crippen LogP contribution in [0, 0.1) is 23.4 Å². The van der Waals surface area contributed by atoms with Gasteiger partial charge in [-0.2, -0.15) is 0 Å². The van der Waals surface area contributed by atoms with Crippen LogP contribution in [0.4, 0.5) is 13.2 Å². The first-order valence-corrected chi connectivity index (χ1v) is 13.3. The van der Waals surface area contributed by atoms with E-state index >= 15 is 0 Å². The van der Waals surface area contributed by atoms with Crippen molar-refractivity contribution in [3.8, 4) is 11.3 Å². The number of aliphatic hydroxyl groups is 4. The first-order chi connectivity index (χ1) is 18.0. The average molecular weight is 561 g/mol. The number of halogens is 3. The molecule has 1 saturated heterocycles. The van der Waals surface area contributed by atoms with E-state index in [0.717, 1.165) is 41.4 Å².